The smallest absolute Gasteiger partial charge is 0.211 e. The van der Waals surface area contributed by atoms with Crippen LogP contribution in [0.1, 0.15) is 39.0 Å². The third-order valence-corrected chi connectivity index (χ3v) is 7.02. The van der Waals surface area contributed by atoms with Crippen molar-refractivity contribution in [1.82, 2.24) is 14.9 Å². The molecular formula is C15H30ClN3O2S. The summed E-state index contributed by atoms with van der Waals surface area (Å²) in [6, 6.07) is 0.175. The summed E-state index contributed by atoms with van der Waals surface area (Å²) in [4.78, 5) is 2.61. The van der Waals surface area contributed by atoms with E-state index in [1.54, 1.807) is 6.92 Å². The molecule has 3 rings (SSSR count). The second kappa shape index (κ2) is 7.34. The van der Waals surface area contributed by atoms with Gasteiger partial charge in [-0.2, -0.15) is 0 Å². The van der Waals surface area contributed by atoms with Gasteiger partial charge in [-0.15, -0.1) is 12.4 Å². The standard InChI is InChI=1S/C15H29N3O2S.ClH/c1-2-21(19,20)17-14-3-6-15(7-4-14)11-18(12-15)10-13-5-8-16-9-13;/h13-14,16-17H,2-12H2,1H3;1H. The predicted molar refractivity (Wildman–Crippen MR) is 92.0 cm³/mol. The van der Waals surface area contributed by atoms with Crippen LogP contribution in [0.3, 0.4) is 0 Å². The van der Waals surface area contributed by atoms with Crippen molar-refractivity contribution in [3.63, 3.8) is 0 Å². The first-order chi connectivity index (χ1) is 10.0. The van der Waals surface area contributed by atoms with Crippen LogP contribution in [0.15, 0.2) is 0 Å². The highest BCUT2D eigenvalue weighted by molar-refractivity contribution is 7.89. The van der Waals surface area contributed by atoms with Gasteiger partial charge in [-0.1, -0.05) is 0 Å². The maximum Gasteiger partial charge on any atom is 0.211 e. The van der Waals surface area contributed by atoms with Crippen LogP contribution in [0, 0.1) is 11.3 Å². The van der Waals surface area contributed by atoms with Crippen LogP contribution < -0.4 is 10.0 Å². The summed E-state index contributed by atoms with van der Waals surface area (Å²) < 4.78 is 26.1. The normalized spacial score (nSPS) is 29.2. The Morgan fingerprint density at radius 3 is 2.45 bits per heavy atom. The number of sulfonamides is 1. The SMILES string of the molecule is CCS(=O)(=O)NC1CCC2(CC1)CN(CC1CCNC1)C2.Cl. The second-order valence-corrected chi connectivity index (χ2v) is 9.37. The van der Waals surface area contributed by atoms with Gasteiger partial charge >= 0.3 is 0 Å². The summed E-state index contributed by atoms with van der Waals surface area (Å²) in [6.45, 7) is 7.79. The Morgan fingerprint density at radius 1 is 1.23 bits per heavy atom. The van der Waals surface area contributed by atoms with Gasteiger partial charge in [-0.05, 0) is 63.5 Å². The van der Waals surface area contributed by atoms with Gasteiger partial charge in [-0.3, -0.25) is 0 Å². The number of rotatable bonds is 5. The third kappa shape index (κ3) is 4.35. The number of nitrogens with one attached hydrogen (secondary N) is 2. The van der Waals surface area contributed by atoms with Crippen molar-refractivity contribution >= 4 is 22.4 Å². The molecule has 130 valence electrons. The zero-order valence-electron chi connectivity index (χ0n) is 13.5. The maximum atomic E-state index is 11.6. The molecule has 7 heteroatoms. The highest BCUT2D eigenvalue weighted by atomic mass is 35.5. The number of halogens is 1. The van der Waals surface area contributed by atoms with Crippen LogP contribution in [0.4, 0.5) is 0 Å². The molecule has 2 N–H and O–H groups in total. The van der Waals surface area contributed by atoms with Crippen molar-refractivity contribution in [2.45, 2.75) is 45.1 Å². The molecule has 0 aromatic carbocycles. The first-order valence-electron chi connectivity index (χ1n) is 8.43. The quantitative estimate of drug-likeness (QED) is 0.781. The number of hydrogen-bond acceptors (Lipinski definition) is 4. The summed E-state index contributed by atoms with van der Waals surface area (Å²) in [5, 5.41) is 3.44. The minimum absolute atomic E-state index is 0. The summed E-state index contributed by atoms with van der Waals surface area (Å²) in [7, 11) is -3.04. The zero-order valence-corrected chi connectivity index (χ0v) is 15.1. The molecule has 1 spiro atoms. The van der Waals surface area contributed by atoms with Crippen LogP contribution >= 0.6 is 12.4 Å². The van der Waals surface area contributed by atoms with Gasteiger partial charge in [0.15, 0.2) is 0 Å². The van der Waals surface area contributed by atoms with E-state index in [4.69, 9.17) is 0 Å². The van der Waals surface area contributed by atoms with E-state index in [0.717, 1.165) is 18.8 Å². The van der Waals surface area contributed by atoms with Crippen molar-refractivity contribution in [2.75, 3.05) is 38.5 Å². The van der Waals surface area contributed by atoms with E-state index < -0.39 is 10.0 Å². The minimum atomic E-state index is -3.04. The molecule has 1 unspecified atom stereocenters. The molecule has 1 aliphatic carbocycles. The molecule has 0 radical (unpaired) electrons. The Hall–Kier alpha value is 0.120. The van der Waals surface area contributed by atoms with Gasteiger partial charge in [-0.25, -0.2) is 13.1 Å². The van der Waals surface area contributed by atoms with E-state index >= 15 is 0 Å². The first-order valence-corrected chi connectivity index (χ1v) is 10.1. The molecule has 1 saturated carbocycles. The molecule has 3 fully saturated rings. The second-order valence-electron chi connectivity index (χ2n) is 7.32. The van der Waals surface area contributed by atoms with Crippen molar-refractivity contribution < 1.29 is 8.42 Å². The summed E-state index contributed by atoms with van der Waals surface area (Å²) in [6.07, 6.45) is 5.72. The average molecular weight is 352 g/mol. The highest BCUT2D eigenvalue weighted by Crippen LogP contribution is 2.44. The maximum absolute atomic E-state index is 11.6. The van der Waals surface area contributed by atoms with Crippen LogP contribution in [-0.4, -0.2) is 57.8 Å². The molecular weight excluding hydrogens is 322 g/mol. The molecule has 2 heterocycles. The lowest BCUT2D eigenvalue weighted by molar-refractivity contribution is -0.0387. The fourth-order valence-electron chi connectivity index (χ4n) is 4.27. The molecule has 0 amide bonds. The molecule has 2 saturated heterocycles. The Morgan fingerprint density at radius 2 is 1.91 bits per heavy atom. The van der Waals surface area contributed by atoms with Crippen LogP contribution in [0.5, 0.6) is 0 Å². The minimum Gasteiger partial charge on any atom is -0.316 e. The summed E-state index contributed by atoms with van der Waals surface area (Å²) in [5.74, 6) is 1.03. The highest BCUT2D eigenvalue weighted by Gasteiger charge is 2.45. The number of likely N-dealkylation sites (tertiary alicyclic amines) is 1. The van der Waals surface area contributed by atoms with Gasteiger partial charge in [0.2, 0.25) is 10.0 Å². The van der Waals surface area contributed by atoms with Crippen LogP contribution in [0.25, 0.3) is 0 Å². The first kappa shape index (κ1) is 18.5. The summed E-state index contributed by atoms with van der Waals surface area (Å²) in [5.41, 5.74) is 0.500. The van der Waals surface area contributed by atoms with Crippen LogP contribution in [-0.2, 0) is 10.0 Å². The van der Waals surface area contributed by atoms with Gasteiger partial charge in [0.05, 0.1) is 5.75 Å². The fourth-order valence-corrected chi connectivity index (χ4v) is 5.18. The molecule has 3 aliphatic rings. The lowest BCUT2D eigenvalue weighted by Gasteiger charge is -2.54. The van der Waals surface area contributed by atoms with E-state index in [2.05, 4.69) is 14.9 Å². The lowest BCUT2D eigenvalue weighted by Crippen LogP contribution is -2.59. The van der Waals surface area contributed by atoms with Crippen molar-refractivity contribution in [3.8, 4) is 0 Å². The van der Waals surface area contributed by atoms with E-state index in [0.29, 0.717) is 5.41 Å². The molecule has 0 bridgehead atoms. The summed E-state index contributed by atoms with van der Waals surface area (Å²) >= 11 is 0. The van der Waals surface area contributed by atoms with Gasteiger partial charge in [0, 0.05) is 25.7 Å². The van der Waals surface area contributed by atoms with Gasteiger partial charge in [0.1, 0.15) is 0 Å². The van der Waals surface area contributed by atoms with Gasteiger partial charge in [0.25, 0.3) is 0 Å². The Balaban J connectivity index is 0.00000176. The average Bonchev–Trinajstić information content (AvgIpc) is 2.92. The molecule has 2 aliphatic heterocycles. The zero-order chi connectivity index (χ0) is 14.9. The monoisotopic (exact) mass is 351 g/mol. The Kier molecular flexibility index (Phi) is 6.16. The van der Waals surface area contributed by atoms with Crippen LogP contribution in [0.2, 0.25) is 0 Å². The third-order valence-electron chi connectivity index (χ3n) is 5.57. The Labute approximate surface area is 141 Å². The Bertz CT molecular complexity index is 449. The molecule has 22 heavy (non-hydrogen) atoms. The van der Waals surface area contributed by atoms with E-state index in [-0.39, 0.29) is 24.2 Å². The van der Waals surface area contributed by atoms with Crippen molar-refractivity contribution in [1.29, 1.82) is 0 Å². The fraction of sp³-hybridized carbons (Fsp3) is 1.00. The molecule has 5 nitrogen and oxygen atoms in total. The number of nitrogens with zero attached hydrogens (tertiary/aromatic N) is 1. The molecule has 0 aromatic rings. The topological polar surface area (TPSA) is 61.4 Å². The lowest BCUT2D eigenvalue weighted by atomic mass is 9.67. The molecule has 0 aromatic heterocycles. The number of hydrogen-bond donors (Lipinski definition) is 2. The van der Waals surface area contributed by atoms with E-state index in [9.17, 15) is 8.42 Å². The predicted octanol–water partition coefficient (Wildman–Crippen LogP) is 1.20. The molecule has 1 atom stereocenters. The van der Waals surface area contributed by atoms with E-state index in [1.807, 2.05) is 0 Å². The van der Waals surface area contributed by atoms with E-state index in [1.165, 1.54) is 52.0 Å². The van der Waals surface area contributed by atoms with Crippen molar-refractivity contribution in [3.05, 3.63) is 0 Å². The largest absolute Gasteiger partial charge is 0.316 e. The van der Waals surface area contributed by atoms with Crippen molar-refractivity contribution in [2.24, 2.45) is 11.3 Å². The van der Waals surface area contributed by atoms with Gasteiger partial charge < -0.3 is 10.2 Å².